The van der Waals surface area contributed by atoms with Crippen LogP contribution in [0.4, 0.5) is 0 Å². The van der Waals surface area contributed by atoms with Gasteiger partial charge < -0.3 is 21.4 Å². The molecule has 16 heavy (non-hydrogen) atoms. The quantitative estimate of drug-likeness (QED) is 0.221. The molecule has 1 saturated carbocycles. The second-order valence-corrected chi connectivity index (χ2v) is 5.10. The maximum Gasteiger partial charge on any atom is 0.139 e. The molecule has 0 spiro atoms. The number of aliphatic hydroxyl groups excluding tert-OH is 1. The van der Waals surface area contributed by atoms with E-state index in [2.05, 4.69) is 17.4 Å². The summed E-state index contributed by atoms with van der Waals surface area (Å²) in [5.41, 5.74) is 5.70. The minimum absolute atomic E-state index is 0.180. The Morgan fingerprint density at radius 1 is 1.50 bits per heavy atom. The highest BCUT2D eigenvalue weighted by molar-refractivity contribution is 5.80. The zero-order chi connectivity index (χ0) is 12.2. The highest BCUT2D eigenvalue weighted by atomic mass is 16.4. The molecule has 5 N–H and O–H groups in total. The Morgan fingerprint density at radius 2 is 2.12 bits per heavy atom. The molecule has 0 saturated heterocycles. The Hall–Kier alpha value is -0.810. The summed E-state index contributed by atoms with van der Waals surface area (Å²) in [6, 6.07) is 0.287. The molecule has 5 heteroatoms. The Bertz CT molecular complexity index is 252. The lowest BCUT2D eigenvalue weighted by atomic mass is 9.99. The van der Waals surface area contributed by atoms with Crippen LogP contribution in [0.15, 0.2) is 5.16 Å². The van der Waals surface area contributed by atoms with Crippen LogP contribution < -0.4 is 11.1 Å². The van der Waals surface area contributed by atoms with E-state index in [1.807, 2.05) is 6.92 Å². The minimum atomic E-state index is 0.180. The fourth-order valence-corrected chi connectivity index (χ4v) is 1.75. The van der Waals surface area contributed by atoms with E-state index in [-0.39, 0.29) is 24.0 Å². The normalized spacial score (nSPS) is 22.8. The van der Waals surface area contributed by atoms with Crippen molar-refractivity contribution in [2.45, 2.75) is 39.2 Å². The lowest BCUT2D eigenvalue weighted by Gasteiger charge is -2.23. The SMILES string of the molecule is CC(CO)C(C)NCC1(CC(N)=NO)CC1. The number of nitrogens with zero attached hydrogens (tertiary/aromatic N) is 1. The molecular weight excluding hydrogens is 206 g/mol. The Balaban J connectivity index is 2.32. The molecule has 0 bridgehead atoms. The summed E-state index contributed by atoms with van der Waals surface area (Å²) in [4.78, 5) is 0. The summed E-state index contributed by atoms with van der Waals surface area (Å²) in [6.45, 7) is 5.15. The highest BCUT2D eigenvalue weighted by Crippen LogP contribution is 2.48. The number of nitrogens with one attached hydrogen (secondary N) is 1. The average Bonchev–Trinajstić information content (AvgIpc) is 3.05. The molecule has 0 heterocycles. The number of hydrogen-bond donors (Lipinski definition) is 4. The van der Waals surface area contributed by atoms with Crippen LogP contribution in [0.5, 0.6) is 0 Å². The first-order valence-electron chi connectivity index (χ1n) is 5.83. The van der Waals surface area contributed by atoms with Gasteiger partial charge in [0.2, 0.25) is 0 Å². The first-order chi connectivity index (χ1) is 7.53. The Kier molecular flexibility index (Phi) is 4.56. The fourth-order valence-electron chi connectivity index (χ4n) is 1.75. The van der Waals surface area contributed by atoms with Crippen molar-refractivity contribution in [3.8, 4) is 0 Å². The molecule has 0 aromatic rings. The molecule has 2 unspecified atom stereocenters. The Labute approximate surface area is 96.7 Å². The summed E-state index contributed by atoms with van der Waals surface area (Å²) in [5.74, 6) is 0.557. The standard InChI is InChI=1S/C11H23N3O2/c1-8(6-15)9(2)13-7-11(3-4-11)5-10(12)14-16/h8-9,13,15-16H,3-7H2,1-2H3,(H2,12,14). The molecule has 2 atom stereocenters. The molecule has 0 aromatic carbocycles. The topological polar surface area (TPSA) is 90.9 Å². The first kappa shape index (κ1) is 13.3. The zero-order valence-electron chi connectivity index (χ0n) is 10.1. The number of amidine groups is 1. The van der Waals surface area contributed by atoms with Crippen molar-refractivity contribution >= 4 is 5.84 Å². The van der Waals surface area contributed by atoms with Crippen LogP contribution in [0.1, 0.15) is 33.1 Å². The smallest absolute Gasteiger partial charge is 0.139 e. The monoisotopic (exact) mass is 229 g/mol. The predicted molar refractivity (Wildman–Crippen MR) is 63.4 cm³/mol. The van der Waals surface area contributed by atoms with E-state index in [0.29, 0.717) is 12.3 Å². The fraction of sp³-hybridized carbons (Fsp3) is 0.909. The van der Waals surface area contributed by atoms with E-state index in [1.54, 1.807) is 0 Å². The van der Waals surface area contributed by atoms with Gasteiger partial charge in [-0.15, -0.1) is 0 Å². The van der Waals surface area contributed by atoms with Crippen molar-refractivity contribution in [3.05, 3.63) is 0 Å². The van der Waals surface area contributed by atoms with Gasteiger partial charge in [0.1, 0.15) is 5.84 Å². The number of nitrogens with two attached hydrogens (primary N) is 1. The molecule has 1 aliphatic rings. The van der Waals surface area contributed by atoms with Gasteiger partial charge in [-0.05, 0) is 31.1 Å². The van der Waals surface area contributed by atoms with Gasteiger partial charge in [0, 0.05) is 25.6 Å². The Morgan fingerprint density at radius 3 is 2.56 bits per heavy atom. The number of hydrogen-bond acceptors (Lipinski definition) is 4. The van der Waals surface area contributed by atoms with Crippen molar-refractivity contribution in [1.29, 1.82) is 0 Å². The molecule has 0 aromatic heterocycles. The van der Waals surface area contributed by atoms with Crippen molar-refractivity contribution in [1.82, 2.24) is 5.32 Å². The van der Waals surface area contributed by atoms with Gasteiger partial charge in [-0.3, -0.25) is 0 Å². The third kappa shape index (κ3) is 3.64. The van der Waals surface area contributed by atoms with E-state index in [1.165, 1.54) is 0 Å². The first-order valence-corrected chi connectivity index (χ1v) is 5.83. The molecule has 0 radical (unpaired) electrons. The average molecular weight is 229 g/mol. The molecule has 0 aliphatic heterocycles. The molecule has 0 amide bonds. The number of aliphatic hydroxyl groups is 1. The van der Waals surface area contributed by atoms with Crippen LogP contribution in [0, 0.1) is 11.3 Å². The summed E-state index contributed by atoms with van der Waals surface area (Å²) in [7, 11) is 0. The lowest BCUT2D eigenvalue weighted by Crippen LogP contribution is -2.38. The lowest BCUT2D eigenvalue weighted by molar-refractivity contribution is 0.203. The van der Waals surface area contributed by atoms with Gasteiger partial charge in [-0.25, -0.2) is 0 Å². The summed E-state index contributed by atoms with van der Waals surface area (Å²) in [5, 5.41) is 24.0. The molecule has 1 aliphatic carbocycles. The summed E-state index contributed by atoms with van der Waals surface area (Å²) < 4.78 is 0. The molecule has 94 valence electrons. The van der Waals surface area contributed by atoms with E-state index >= 15 is 0 Å². The van der Waals surface area contributed by atoms with Gasteiger partial charge in [-0.2, -0.15) is 0 Å². The predicted octanol–water partition coefficient (Wildman–Crippen LogP) is 0.510. The van der Waals surface area contributed by atoms with Crippen molar-refractivity contribution in [2.24, 2.45) is 22.2 Å². The van der Waals surface area contributed by atoms with Gasteiger partial charge in [0.15, 0.2) is 0 Å². The molecule has 1 fully saturated rings. The minimum Gasteiger partial charge on any atom is -0.409 e. The molecular formula is C11H23N3O2. The largest absolute Gasteiger partial charge is 0.409 e. The third-order valence-corrected chi connectivity index (χ3v) is 3.58. The second-order valence-electron chi connectivity index (χ2n) is 5.10. The molecule has 5 nitrogen and oxygen atoms in total. The van der Waals surface area contributed by atoms with E-state index in [4.69, 9.17) is 16.0 Å². The van der Waals surface area contributed by atoms with Crippen LogP contribution >= 0.6 is 0 Å². The van der Waals surface area contributed by atoms with Crippen molar-refractivity contribution < 1.29 is 10.3 Å². The van der Waals surface area contributed by atoms with E-state index in [0.717, 1.165) is 19.4 Å². The van der Waals surface area contributed by atoms with Crippen LogP contribution in [-0.4, -0.2) is 35.3 Å². The van der Waals surface area contributed by atoms with E-state index in [9.17, 15) is 0 Å². The van der Waals surface area contributed by atoms with Gasteiger partial charge in [0.25, 0.3) is 0 Å². The van der Waals surface area contributed by atoms with Crippen molar-refractivity contribution in [3.63, 3.8) is 0 Å². The molecule has 1 rings (SSSR count). The van der Waals surface area contributed by atoms with Crippen LogP contribution in [0.2, 0.25) is 0 Å². The maximum atomic E-state index is 9.02. The van der Waals surface area contributed by atoms with Gasteiger partial charge in [0.05, 0.1) is 0 Å². The maximum absolute atomic E-state index is 9.02. The summed E-state index contributed by atoms with van der Waals surface area (Å²) in [6.07, 6.45) is 2.89. The number of rotatable bonds is 7. The van der Waals surface area contributed by atoms with Crippen LogP contribution in [0.3, 0.4) is 0 Å². The third-order valence-electron chi connectivity index (χ3n) is 3.58. The second kappa shape index (κ2) is 5.50. The van der Waals surface area contributed by atoms with Gasteiger partial charge in [-0.1, -0.05) is 12.1 Å². The van der Waals surface area contributed by atoms with Gasteiger partial charge >= 0.3 is 0 Å². The van der Waals surface area contributed by atoms with Crippen LogP contribution in [-0.2, 0) is 0 Å². The van der Waals surface area contributed by atoms with Crippen LogP contribution in [0.25, 0.3) is 0 Å². The van der Waals surface area contributed by atoms with E-state index < -0.39 is 0 Å². The van der Waals surface area contributed by atoms with Crippen molar-refractivity contribution in [2.75, 3.05) is 13.2 Å². The zero-order valence-corrected chi connectivity index (χ0v) is 10.1. The number of oxime groups is 1. The summed E-state index contributed by atoms with van der Waals surface area (Å²) >= 11 is 0. The highest BCUT2D eigenvalue weighted by Gasteiger charge is 2.43.